The molecule has 16 heavy (non-hydrogen) atoms. The summed E-state index contributed by atoms with van der Waals surface area (Å²) < 4.78 is 40.3. The number of pyridine rings is 1. The number of carbonyl (C=O) groups is 1. The first kappa shape index (κ1) is 12.8. The van der Waals surface area contributed by atoms with Crippen molar-refractivity contribution in [3.05, 3.63) is 22.8 Å². The summed E-state index contributed by atoms with van der Waals surface area (Å²) in [6, 6.07) is 2.94. The highest BCUT2D eigenvalue weighted by Crippen LogP contribution is 2.15. The number of hydrogen-bond acceptors (Lipinski definition) is 3. The van der Waals surface area contributed by atoms with Crippen molar-refractivity contribution in [3.63, 3.8) is 0 Å². The van der Waals surface area contributed by atoms with Crippen LogP contribution in [-0.4, -0.2) is 23.8 Å². The van der Waals surface area contributed by atoms with Crippen molar-refractivity contribution in [2.45, 2.75) is 6.18 Å². The predicted molar refractivity (Wildman–Crippen MR) is 52.0 cm³/mol. The third kappa shape index (κ3) is 4.96. The number of rotatable bonds is 2. The highest BCUT2D eigenvalue weighted by atomic mass is 79.9. The van der Waals surface area contributed by atoms with Crippen molar-refractivity contribution < 1.29 is 22.7 Å². The molecule has 1 aromatic rings. The van der Waals surface area contributed by atoms with Gasteiger partial charge in [-0.25, -0.2) is 9.78 Å². The molecule has 8 heteroatoms. The summed E-state index contributed by atoms with van der Waals surface area (Å²) in [6.07, 6.45) is -4.33. The van der Waals surface area contributed by atoms with Crippen LogP contribution in [0, 0.1) is 0 Å². The second kappa shape index (κ2) is 5.15. The Morgan fingerprint density at radius 2 is 2.25 bits per heavy atom. The fourth-order valence-electron chi connectivity index (χ4n) is 0.745. The number of carbonyl (C=O) groups excluding carboxylic acids is 1. The molecular weight excluding hydrogens is 293 g/mol. The molecule has 0 spiro atoms. The summed E-state index contributed by atoms with van der Waals surface area (Å²) in [5, 5.41) is 1.55. The molecule has 0 radical (unpaired) electrons. The summed E-state index contributed by atoms with van der Waals surface area (Å²) in [4.78, 5) is 14.5. The van der Waals surface area contributed by atoms with E-state index in [-0.39, 0.29) is 5.88 Å². The lowest BCUT2D eigenvalue weighted by Crippen LogP contribution is -2.35. The van der Waals surface area contributed by atoms with Crippen LogP contribution >= 0.6 is 15.9 Å². The van der Waals surface area contributed by atoms with Crippen LogP contribution in [0.25, 0.3) is 0 Å². The molecule has 0 aliphatic heterocycles. The minimum atomic E-state index is -4.47. The molecule has 0 aromatic carbocycles. The average Bonchev–Trinajstić information content (AvgIpc) is 2.14. The summed E-state index contributed by atoms with van der Waals surface area (Å²) >= 11 is 3.09. The number of halogens is 4. The first-order chi connectivity index (χ1) is 7.37. The molecule has 0 aliphatic carbocycles. The Morgan fingerprint density at radius 3 is 2.81 bits per heavy atom. The number of aromatic nitrogens is 1. The molecule has 0 fully saturated rings. The largest absolute Gasteiger partial charge is 0.414 e. The van der Waals surface area contributed by atoms with Crippen LogP contribution in [0.15, 0.2) is 22.8 Å². The normalized spacial score (nSPS) is 11.0. The fraction of sp³-hybridized carbons (Fsp3) is 0.250. The zero-order chi connectivity index (χ0) is 12.2. The van der Waals surface area contributed by atoms with Gasteiger partial charge in [0.1, 0.15) is 6.54 Å². The Labute approximate surface area is 96.9 Å². The smallest absolute Gasteiger partial charge is 0.391 e. The van der Waals surface area contributed by atoms with Crippen molar-refractivity contribution in [2.24, 2.45) is 0 Å². The highest BCUT2D eigenvalue weighted by Gasteiger charge is 2.28. The number of amides is 1. The summed E-state index contributed by atoms with van der Waals surface area (Å²) in [5.41, 5.74) is 0. The Hall–Kier alpha value is -1.31. The van der Waals surface area contributed by atoms with Gasteiger partial charge in [-0.05, 0) is 6.07 Å². The van der Waals surface area contributed by atoms with E-state index in [4.69, 9.17) is 0 Å². The van der Waals surface area contributed by atoms with Gasteiger partial charge in [0.25, 0.3) is 0 Å². The van der Waals surface area contributed by atoms with E-state index in [0.717, 1.165) is 0 Å². The zero-order valence-corrected chi connectivity index (χ0v) is 9.30. The van der Waals surface area contributed by atoms with Crippen LogP contribution in [0.1, 0.15) is 0 Å². The minimum absolute atomic E-state index is 0.0888. The van der Waals surface area contributed by atoms with Crippen molar-refractivity contribution in [1.29, 1.82) is 0 Å². The fourth-order valence-corrected chi connectivity index (χ4v) is 1.06. The summed E-state index contributed by atoms with van der Waals surface area (Å²) in [6.45, 7) is -1.44. The van der Waals surface area contributed by atoms with Crippen LogP contribution in [0.2, 0.25) is 0 Å². The van der Waals surface area contributed by atoms with Gasteiger partial charge in [-0.2, -0.15) is 13.2 Å². The van der Waals surface area contributed by atoms with Crippen LogP contribution in [-0.2, 0) is 0 Å². The SMILES string of the molecule is O=C(NCC(F)(F)F)Oc1cc(Br)ccn1. The van der Waals surface area contributed by atoms with Gasteiger partial charge < -0.3 is 10.1 Å². The second-order valence-corrected chi connectivity index (χ2v) is 3.59. The van der Waals surface area contributed by atoms with Gasteiger partial charge in [0.15, 0.2) is 0 Å². The number of nitrogens with one attached hydrogen (secondary N) is 1. The van der Waals surface area contributed by atoms with Gasteiger partial charge in [0.2, 0.25) is 5.88 Å². The van der Waals surface area contributed by atoms with E-state index in [0.29, 0.717) is 4.47 Å². The number of ether oxygens (including phenoxy) is 1. The number of nitrogens with zero attached hydrogens (tertiary/aromatic N) is 1. The van der Waals surface area contributed by atoms with Crippen LogP contribution < -0.4 is 10.1 Å². The minimum Gasteiger partial charge on any atom is -0.391 e. The monoisotopic (exact) mass is 298 g/mol. The van der Waals surface area contributed by atoms with E-state index in [1.165, 1.54) is 12.3 Å². The molecule has 1 heterocycles. The number of hydrogen-bond donors (Lipinski definition) is 1. The Balaban J connectivity index is 2.46. The molecule has 1 N–H and O–H groups in total. The average molecular weight is 299 g/mol. The summed E-state index contributed by atoms with van der Waals surface area (Å²) in [5.74, 6) is -0.0888. The lowest BCUT2D eigenvalue weighted by Gasteiger charge is -2.08. The molecule has 88 valence electrons. The van der Waals surface area contributed by atoms with E-state index in [9.17, 15) is 18.0 Å². The first-order valence-electron chi connectivity index (χ1n) is 4.01. The van der Waals surface area contributed by atoms with Gasteiger partial charge in [0, 0.05) is 16.7 Å². The second-order valence-electron chi connectivity index (χ2n) is 2.67. The van der Waals surface area contributed by atoms with Gasteiger partial charge >= 0.3 is 12.3 Å². The maximum Gasteiger partial charge on any atom is 0.414 e. The van der Waals surface area contributed by atoms with Crippen LogP contribution in [0.5, 0.6) is 5.88 Å². The maximum atomic E-state index is 11.7. The lowest BCUT2D eigenvalue weighted by atomic mass is 10.5. The van der Waals surface area contributed by atoms with Crippen LogP contribution in [0.4, 0.5) is 18.0 Å². The topological polar surface area (TPSA) is 51.2 Å². The molecule has 0 bridgehead atoms. The quantitative estimate of drug-likeness (QED) is 0.913. The lowest BCUT2D eigenvalue weighted by molar-refractivity contribution is -0.123. The van der Waals surface area contributed by atoms with Gasteiger partial charge in [-0.15, -0.1) is 0 Å². The highest BCUT2D eigenvalue weighted by molar-refractivity contribution is 9.10. The van der Waals surface area contributed by atoms with E-state index >= 15 is 0 Å². The summed E-state index contributed by atoms with van der Waals surface area (Å²) in [7, 11) is 0. The van der Waals surface area contributed by atoms with E-state index in [2.05, 4.69) is 25.7 Å². The third-order valence-electron chi connectivity index (χ3n) is 1.33. The van der Waals surface area contributed by atoms with Crippen molar-refractivity contribution in [2.75, 3.05) is 6.54 Å². The molecule has 0 saturated heterocycles. The molecule has 0 unspecified atom stereocenters. The first-order valence-corrected chi connectivity index (χ1v) is 4.80. The van der Waals surface area contributed by atoms with E-state index in [1.807, 2.05) is 0 Å². The van der Waals surface area contributed by atoms with Gasteiger partial charge in [-0.3, -0.25) is 0 Å². The maximum absolute atomic E-state index is 11.7. The molecule has 1 aromatic heterocycles. The zero-order valence-electron chi connectivity index (χ0n) is 7.71. The van der Waals surface area contributed by atoms with Gasteiger partial charge in [-0.1, -0.05) is 15.9 Å². The van der Waals surface area contributed by atoms with Crippen molar-refractivity contribution in [1.82, 2.24) is 10.3 Å². The van der Waals surface area contributed by atoms with Crippen LogP contribution in [0.3, 0.4) is 0 Å². The molecular formula is C8H6BrF3N2O2. The van der Waals surface area contributed by atoms with E-state index < -0.39 is 18.8 Å². The Morgan fingerprint density at radius 1 is 1.56 bits per heavy atom. The van der Waals surface area contributed by atoms with Gasteiger partial charge in [0.05, 0.1) is 0 Å². The third-order valence-corrected chi connectivity index (χ3v) is 1.82. The molecule has 0 atom stereocenters. The van der Waals surface area contributed by atoms with Crippen molar-refractivity contribution in [3.8, 4) is 5.88 Å². The Bertz CT molecular complexity index is 384. The molecule has 0 aliphatic rings. The number of alkyl halides is 3. The van der Waals surface area contributed by atoms with Crippen molar-refractivity contribution >= 4 is 22.0 Å². The molecule has 1 rings (SSSR count). The van der Waals surface area contributed by atoms with E-state index in [1.54, 1.807) is 11.4 Å². The standard InChI is InChI=1S/C8H6BrF3N2O2/c9-5-1-2-13-6(3-5)16-7(15)14-4-8(10,11)12/h1-3H,4H2,(H,14,15). The molecule has 4 nitrogen and oxygen atoms in total. The Kier molecular flexibility index (Phi) is 4.11. The molecule has 0 saturated carbocycles. The predicted octanol–water partition coefficient (Wildman–Crippen LogP) is 2.49. The molecule has 1 amide bonds.